The molecule has 2 N–H and O–H groups in total. The number of benzene rings is 2. The van der Waals surface area contributed by atoms with Crippen molar-refractivity contribution in [3.8, 4) is 5.75 Å². The van der Waals surface area contributed by atoms with Gasteiger partial charge in [0, 0.05) is 61.7 Å². The summed E-state index contributed by atoms with van der Waals surface area (Å²) in [7, 11) is 1.65. The van der Waals surface area contributed by atoms with Gasteiger partial charge in [0.25, 0.3) is 5.56 Å². The third kappa shape index (κ3) is 4.80. The van der Waals surface area contributed by atoms with Crippen molar-refractivity contribution in [3.05, 3.63) is 87.8 Å². The maximum atomic E-state index is 13.9. The van der Waals surface area contributed by atoms with Crippen molar-refractivity contribution in [2.45, 2.75) is 44.7 Å². The van der Waals surface area contributed by atoms with Crippen molar-refractivity contribution in [1.29, 1.82) is 0 Å². The molecule has 0 saturated carbocycles. The van der Waals surface area contributed by atoms with Crippen LogP contribution in [0.2, 0.25) is 0 Å². The zero-order chi connectivity index (χ0) is 27.1. The lowest BCUT2D eigenvalue weighted by atomic mass is 9.69. The highest BCUT2D eigenvalue weighted by Crippen LogP contribution is 2.48. The molecule has 1 fully saturated rings. The van der Waals surface area contributed by atoms with Crippen molar-refractivity contribution >= 4 is 23.2 Å². The van der Waals surface area contributed by atoms with Crippen LogP contribution in [-0.4, -0.2) is 42.6 Å². The normalized spacial score (nSPS) is 22.7. The second kappa shape index (κ2) is 10.2. The van der Waals surface area contributed by atoms with E-state index in [1.54, 1.807) is 13.2 Å². The molecule has 2 bridgehead atoms. The molecule has 3 aliphatic heterocycles. The molecule has 0 spiro atoms. The van der Waals surface area contributed by atoms with Gasteiger partial charge >= 0.3 is 0 Å². The molecule has 1 saturated heterocycles. The quantitative estimate of drug-likeness (QED) is 0.514. The molecule has 6 rings (SSSR count). The van der Waals surface area contributed by atoms with Gasteiger partial charge in [0.15, 0.2) is 0 Å². The predicted molar refractivity (Wildman–Crippen MR) is 150 cm³/mol. The lowest BCUT2D eigenvalue weighted by Gasteiger charge is -2.54. The van der Waals surface area contributed by atoms with Gasteiger partial charge in [-0.1, -0.05) is 18.2 Å². The van der Waals surface area contributed by atoms with Crippen LogP contribution in [0.1, 0.15) is 36.1 Å². The molecule has 2 aromatic carbocycles. The average Bonchev–Trinajstić information content (AvgIpc) is 2.93. The Kier molecular flexibility index (Phi) is 6.62. The average molecular weight is 527 g/mol. The number of amides is 2. The minimum absolute atomic E-state index is 0.0305. The summed E-state index contributed by atoms with van der Waals surface area (Å²) in [5.41, 5.74) is 5.13. The first-order valence-corrected chi connectivity index (χ1v) is 13.7. The molecule has 8 heteroatoms. The maximum absolute atomic E-state index is 13.9. The van der Waals surface area contributed by atoms with Crippen molar-refractivity contribution in [1.82, 2.24) is 9.88 Å². The van der Waals surface area contributed by atoms with Gasteiger partial charge in [-0.3, -0.25) is 14.4 Å². The van der Waals surface area contributed by atoms with Crippen LogP contribution in [0.25, 0.3) is 0 Å². The lowest BCUT2D eigenvalue weighted by molar-refractivity contribution is -0.126. The van der Waals surface area contributed by atoms with E-state index in [4.69, 9.17) is 4.74 Å². The van der Waals surface area contributed by atoms with E-state index in [-0.39, 0.29) is 35.3 Å². The number of hydrogen-bond donors (Lipinski definition) is 2. The van der Waals surface area contributed by atoms with Gasteiger partial charge in [0.05, 0.1) is 13.0 Å². The van der Waals surface area contributed by atoms with E-state index in [0.717, 1.165) is 53.3 Å². The maximum Gasteiger partial charge on any atom is 0.250 e. The highest BCUT2D eigenvalue weighted by molar-refractivity contribution is 5.89. The van der Waals surface area contributed by atoms with E-state index in [1.165, 1.54) is 6.92 Å². The summed E-state index contributed by atoms with van der Waals surface area (Å²) in [5.74, 6) is 0.859. The summed E-state index contributed by atoms with van der Waals surface area (Å²) in [6.07, 6.45) is 2.28. The SMILES string of the molecule is COc1ccc(CCNC(=O)C2Cc3cc(NC(C)=O)ccc3N3C[C@H]4C[C@H](c5cccc(=O)n5C4)[C@H]23)cc1. The van der Waals surface area contributed by atoms with E-state index in [2.05, 4.69) is 27.7 Å². The molecule has 202 valence electrons. The number of aromatic nitrogens is 1. The third-order valence-corrected chi connectivity index (χ3v) is 8.49. The second-order valence-corrected chi connectivity index (χ2v) is 11.0. The number of fused-ring (bicyclic) bond motifs is 8. The Labute approximate surface area is 228 Å². The lowest BCUT2D eigenvalue weighted by Crippen LogP contribution is -2.60. The molecule has 3 aromatic rings. The van der Waals surface area contributed by atoms with E-state index >= 15 is 0 Å². The Morgan fingerprint density at radius 2 is 1.87 bits per heavy atom. The van der Waals surface area contributed by atoms with E-state index in [9.17, 15) is 14.4 Å². The number of hydrogen-bond acceptors (Lipinski definition) is 5. The fraction of sp³-hybridized carbons (Fsp3) is 0.387. The molecule has 1 unspecified atom stereocenters. The topological polar surface area (TPSA) is 92.7 Å². The zero-order valence-corrected chi connectivity index (χ0v) is 22.4. The molecule has 2 amide bonds. The smallest absolute Gasteiger partial charge is 0.250 e. The van der Waals surface area contributed by atoms with Gasteiger partial charge < -0.3 is 24.8 Å². The van der Waals surface area contributed by atoms with Crippen LogP contribution in [0.5, 0.6) is 5.75 Å². The van der Waals surface area contributed by atoms with Gasteiger partial charge in [-0.2, -0.15) is 0 Å². The minimum Gasteiger partial charge on any atom is -0.497 e. The Morgan fingerprint density at radius 1 is 1.05 bits per heavy atom. The monoisotopic (exact) mass is 526 g/mol. The summed E-state index contributed by atoms with van der Waals surface area (Å²) in [6, 6.07) is 19.4. The Hall–Kier alpha value is -4.07. The summed E-state index contributed by atoms with van der Waals surface area (Å²) in [4.78, 5) is 40.7. The predicted octanol–water partition coefficient (Wildman–Crippen LogP) is 3.34. The largest absolute Gasteiger partial charge is 0.497 e. The number of nitrogens with one attached hydrogen (secondary N) is 2. The van der Waals surface area contributed by atoms with E-state index in [0.29, 0.717) is 25.4 Å². The fourth-order valence-electron chi connectivity index (χ4n) is 6.86. The number of carbonyl (C=O) groups is 2. The highest BCUT2D eigenvalue weighted by atomic mass is 16.5. The third-order valence-electron chi connectivity index (χ3n) is 8.49. The number of methoxy groups -OCH3 is 1. The zero-order valence-electron chi connectivity index (χ0n) is 22.4. The molecule has 4 heterocycles. The van der Waals surface area contributed by atoms with Crippen LogP contribution in [0, 0.1) is 11.8 Å². The number of pyridine rings is 1. The molecule has 8 nitrogen and oxygen atoms in total. The number of carbonyl (C=O) groups excluding carboxylic acids is 2. The first kappa shape index (κ1) is 25.2. The number of anilines is 2. The number of piperidine rings is 1. The van der Waals surface area contributed by atoms with Gasteiger partial charge in [0.1, 0.15) is 5.75 Å². The molecule has 3 aliphatic rings. The summed E-state index contributed by atoms with van der Waals surface area (Å²) >= 11 is 0. The van der Waals surface area contributed by atoms with E-state index < -0.39 is 0 Å². The standard InChI is InChI=1S/C31H34N4O4/c1-19(36)33-23-8-11-27-22(15-23)16-26(31(38)32-13-12-20-6-9-24(39-2)10-7-20)30-25-14-21(18-35(27)30)17-34-28(25)4-3-5-29(34)37/h3-11,15,21,25-26,30H,12-14,16-18H2,1-2H3,(H,32,38)(H,33,36)/t21-,25+,26?,30+/m0/s1. The molecule has 0 aliphatic carbocycles. The molecular formula is C31H34N4O4. The molecule has 0 radical (unpaired) electrons. The highest BCUT2D eigenvalue weighted by Gasteiger charge is 2.49. The number of rotatable bonds is 6. The number of nitrogens with zero attached hydrogens (tertiary/aromatic N) is 2. The second-order valence-electron chi connectivity index (χ2n) is 11.0. The summed E-state index contributed by atoms with van der Waals surface area (Å²) in [5, 5.41) is 6.10. The minimum atomic E-state index is -0.284. The summed E-state index contributed by atoms with van der Waals surface area (Å²) in [6.45, 7) is 3.53. The summed E-state index contributed by atoms with van der Waals surface area (Å²) < 4.78 is 7.17. The first-order chi connectivity index (χ1) is 18.9. The van der Waals surface area contributed by atoms with E-state index in [1.807, 2.05) is 47.0 Å². The Morgan fingerprint density at radius 3 is 2.64 bits per heavy atom. The van der Waals surface area contributed by atoms with Crippen molar-refractivity contribution in [3.63, 3.8) is 0 Å². The molecule has 4 atom stereocenters. The van der Waals surface area contributed by atoms with Crippen molar-refractivity contribution in [2.75, 3.05) is 30.4 Å². The van der Waals surface area contributed by atoms with Crippen LogP contribution < -0.4 is 25.8 Å². The Balaban J connectivity index is 1.31. The molecular weight excluding hydrogens is 492 g/mol. The fourth-order valence-corrected chi connectivity index (χ4v) is 6.86. The van der Waals surface area contributed by atoms with Crippen LogP contribution in [0.4, 0.5) is 11.4 Å². The van der Waals surface area contributed by atoms with Crippen LogP contribution >= 0.6 is 0 Å². The van der Waals surface area contributed by atoms with Crippen molar-refractivity contribution < 1.29 is 14.3 Å². The van der Waals surface area contributed by atoms with Gasteiger partial charge in [0.2, 0.25) is 11.8 Å². The van der Waals surface area contributed by atoms with Crippen LogP contribution in [-0.2, 0) is 29.0 Å². The molecule has 1 aromatic heterocycles. The number of ether oxygens (including phenoxy) is 1. The van der Waals surface area contributed by atoms with Crippen LogP contribution in [0.3, 0.4) is 0 Å². The van der Waals surface area contributed by atoms with Crippen LogP contribution in [0.15, 0.2) is 65.5 Å². The first-order valence-electron chi connectivity index (χ1n) is 13.7. The van der Waals surface area contributed by atoms with Gasteiger partial charge in [-0.25, -0.2) is 0 Å². The van der Waals surface area contributed by atoms with Crippen molar-refractivity contribution in [2.24, 2.45) is 11.8 Å². The van der Waals surface area contributed by atoms with Gasteiger partial charge in [-0.05, 0) is 72.7 Å². The van der Waals surface area contributed by atoms with Gasteiger partial charge in [-0.15, -0.1) is 0 Å². The molecule has 39 heavy (non-hydrogen) atoms. The Bertz CT molecular complexity index is 1460.